The fraction of sp³-hybridized carbons (Fsp3) is 0.464. The first kappa shape index (κ1) is 29.9. The van der Waals surface area contributed by atoms with Crippen LogP contribution in [0.4, 0.5) is 0 Å². The number of carbonyl (C=O) groups excluding carboxylic acids is 4. The van der Waals surface area contributed by atoms with E-state index in [-0.39, 0.29) is 49.0 Å². The van der Waals surface area contributed by atoms with Gasteiger partial charge in [-0.2, -0.15) is 11.3 Å². The number of aromatic nitrogens is 1. The molecule has 200 valence electrons. The molecule has 0 aliphatic rings. The van der Waals surface area contributed by atoms with Crippen LogP contribution in [0.25, 0.3) is 0 Å². The average Bonchev–Trinajstić information content (AvgIpc) is 3.38. The summed E-state index contributed by atoms with van der Waals surface area (Å²) in [7, 11) is 0. The Kier molecular flexibility index (Phi) is 12.7. The number of esters is 1. The van der Waals surface area contributed by atoms with Gasteiger partial charge >= 0.3 is 5.97 Å². The van der Waals surface area contributed by atoms with Crippen LogP contribution in [0.5, 0.6) is 0 Å². The van der Waals surface area contributed by atoms with Crippen LogP contribution in [0.3, 0.4) is 0 Å². The third kappa shape index (κ3) is 10.7. The Labute approximate surface area is 221 Å². The second-order valence-corrected chi connectivity index (χ2v) is 9.98. The number of nitrogens with zero attached hydrogens (tertiary/aromatic N) is 1. The molecule has 2 heterocycles. The number of pyridine rings is 1. The normalized spacial score (nSPS) is 12.0. The summed E-state index contributed by atoms with van der Waals surface area (Å²) < 4.78 is 6.19. The number of carbonyl (C=O) groups is 4. The Bertz CT molecular complexity index is 1130. The molecule has 0 aliphatic heterocycles. The van der Waals surface area contributed by atoms with Crippen molar-refractivity contribution in [2.75, 3.05) is 6.61 Å². The molecule has 37 heavy (non-hydrogen) atoms. The number of nitrogens with one attached hydrogen (secondary N) is 1. The van der Waals surface area contributed by atoms with Gasteiger partial charge in [0.2, 0.25) is 0 Å². The first-order valence-corrected chi connectivity index (χ1v) is 13.5. The van der Waals surface area contributed by atoms with Crippen LogP contribution >= 0.6 is 11.3 Å². The lowest BCUT2D eigenvalue weighted by Crippen LogP contribution is -2.42. The molecule has 9 heteroatoms. The van der Waals surface area contributed by atoms with E-state index in [1.54, 1.807) is 48.2 Å². The molecule has 2 aromatic rings. The van der Waals surface area contributed by atoms with Crippen LogP contribution in [0.1, 0.15) is 68.8 Å². The first-order chi connectivity index (χ1) is 17.7. The Morgan fingerprint density at radius 3 is 2.62 bits per heavy atom. The molecule has 0 spiro atoms. The van der Waals surface area contributed by atoms with Gasteiger partial charge in [0.05, 0.1) is 24.8 Å². The van der Waals surface area contributed by atoms with Gasteiger partial charge in [-0.3, -0.25) is 19.2 Å². The Morgan fingerprint density at radius 1 is 1.16 bits per heavy atom. The second kappa shape index (κ2) is 15.7. The van der Waals surface area contributed by atoms with Crippen molar-refractivity contribution in [3.8, 4) is 0 Å². The Hall–Kier alpha value is -3.33. The number of allylic oxidation sites excluding steroid dienone is 1. The van der Waals surface area contributed by atoms with Crippen molar-refractivity contribution in [1.82, 2.24) is 9.88 Å². The lowest BCUT2D eigenvalue weighted by molar-refractivity contribution is -0.137. The number of Topliss-reactive ketones (excluding diaryl/α,β-unsaturated/α-hetero) is 2. The molecule has 1 atom stereocenters. The predicted octanol–water partition coefficient (Wildman–Crippen LogP) is 4.11. The van der Waals surface area contributed by atoms with Crippen LogP contribution in [-0.4, -0.2) is 40.7 Å². The topological polar surface area (TPSA) is 112 Å². The van der Waals surface area contributed by atoms with Crippen molar-refractivity contribution in [3.63, 3.8) is 0 Å². The summed E-state index contributed by atoms with van der Waals surface area (Å²) in [5.41, 5.74) is 0.320. The van der Waals surface area contributed by atoms with E-state index in [4.69, 9.17) is 4.74 Å². The summed E-state index contributed by atoms with van der Waals surface area (Å²) >= 11 is 1.37. The number of ketones is 2. The molecule has 2 rings (SSSR count). The van der Waals surface area contributed by atoms with Crippen molar-refractivity contribution in [3.05, 3.63) is 68.8 Å². The zero-order chi connectivity index (χ0) is 27.2. The van der Waals surface area contributed by atoms with Gasteiger partial charge in [-0.25, -0.2) is 4.79 Å². The SMILES string of the molecule is CCOC(=O)/C=C/CC[C@H](NC(=O)c1ccsc1)C(=O)Cc1cccn(CC(=O)CCCC(C)C)c1=O. The molecule has 8 nitrogen and oxygen atoms in total. The van der Waals surface area contributed by atoms with Gasteiger partial charge in [0, 0.05) is 36.1 Å². The summed E-state index contributed by atoms with van der Waals surface area (Å²) in [6, 6.07) is 4.02. The van der Waals surface area contributed by atoms with Crippen LogP contribution in [-0.2, 0) is 32.1 Å². The van der Waals surface area contributed by atoms with E-state index in [0.717, 1.165) is 12.8 Å². The summed E-state index contributed by atoms with van der Waals surface area (Å²) in [4.78, 5) is 62.6. The molecule has 0 aromatic carbocycles. The molecule has 0 bridgehead atoms. The summed E-state index contributed by atoms with van der Waals surface area (Å²) in [6.45, 7) is 6.14. The van der Waals surface area contributed by atoms with Gasteiger partial charge in [-0.1, -0.05) is 32.4 Å². The second-order valence-electron chi connectivity index (χ2n) is 9.20. The van der Waals surface area contributed by atoms with Crippen LogP contribution < -0.4 is 10.9 Å². The van der Waals surface area contributed by atoms with Crippen LogP contribution in [0.2, 0.25) is 0 Å². The van der Waals surface area contributed by atoms with E-state index < -0.39 is 17.6 Å². The molecular weight excluding hydrogens is 492 g/mol. The molecule has 2 aromatic heterocycles. The van der Waals surface area contributed by atoms with Gasteiger partial charge in [0.15, 0.2) is 11.6 Å². The largest absolute Gasteiger partial charge is 0.463 e. The maximum atomic E-state index is 13.2. The van der Waals surface area contributed by atoms with Gasteiger partial charge in [-0.05, 0) is 49.6 Å². The quantitative estimate of drug-likeness (QED) is 0.259. The van der Waals surface area contributed by atoms with E-state index in [9.17, 15) is 24.0 Å². The van der Waals surface area contributed by atoms with Crippen molar-refractivity contribution in [1.29, 1.82) is 0 Å². The molecule has 1 N–H and O–H groups in total. The van der Waals surface area contributed by atoms with Crippen molar-refractivity contribution in [2.45, 2.75) is 71.9 Å². The number of hydrogen-bond acceptors (Lipinski definition) is 7. The predicted molar refractivity (Wildman–Crippen MR) is 144 cm³/mol. The van der Waals surface area contributed by atoms with Crippen LogP contribution in [0.15, 0.2) is 52.1 Å². The minimum atomic E-state index is -0.857. The third-order valence-electron chi connectivity index (χ3n) is 5.69. The number of rotatable bonds is 16. The lowest BCUT2D eigenvalue weighted by Gasteiger charge is -2.17. The number of amides is 1. The van der Waals surface area contributed by atoms with E-state index in [2.05, 4.69) is 19.2 Å². The third-order valence-corrected chi connectivity index (χ3v) is 6.37. The molecule has 0 saturated carbocycles. The van der Waals surface area contributed by atoms with E-state index in [1.165, 1.54) is 22.0 Å². The maximum absolute atomic E-state index is 13.2. The van der Waals surface area contributed by atoms with Crippen molar-refractivity contribution >= 4 is 34.8 Å². The first-order valence-electron chi connectivity index (χ1n) is 12.6. The molecular formula is C28H36N2O6S. The summed E-state index contributed by atoms with van der Waals surface area (Å²) in [6.07, 6.45) is 6.98. The molecule has 1 amide bonds. The van der Waals surface area contributed by atoms with Gasteiger partial charge in [0.1, 0.15) is 0 Å². The zero-order valence-electron chi connectivity index (χ0n) is 21.7. The average molecular weight is 529 g/mol. The molecule has 0 saturated heterocycles. The van der Waals surface area contributed by atoms with E-state index >= 15 is 0 Å². The highest BCUT2D eigenvalue weighted by molar-refractivity contribution is 7.08. The van der Waals surface area contributed by atoms with Gasteiger partial charge in [0.25, 0.3) is 11.5 Å². The number of thiophene rings is 1. The fourth-order valence-corrected chi connectivity index (χ4v) is 4.35. The monoisotopic (exact) mass is 528 g/mol. The smallest absolute Gasteiger partial charge is 0.330 e. The Morgan fingerprint density at radius 2 is 1.95 bits per heavy atom. The van der Waals surface area contributed by atoms with E-state index in [1.807, 2.05) is 0 Å². The van der Waals surface area contributed by atoms with Crippen molar-refractivity contribution in [2.24, 2.45) is 5.92 Å². The number of hydrogen-bond donors (Lipinski definition) is 1. The minimum Gasteiger partial charge on any atom is -0.463 e. The number of ether oxygens (including phenoxy) is 1. The highest BCUT2D eigenvalue weighted by atomic mass is 32.1. The standard InChI is InChI=1S/C28H36N2O6S/c1-4-36-26(33)13-6-5-12-24(29-27(34)22-14-16-37-19-22)25(32)17-21-10-8-15-30(28(21)35)18-23(31)11-7-9-20(2)3/h6,8,10,13-16,19-20,24H,4-5,7,9,11-12,17-18H2,1-3H3,(H,29,34)/b13-6+/t24-/m0/s1. The Balaban J connectivity index is 2.09. The van der Waals surface area contributed by atoms with Crippen LogP contribution in [0, 0.1) is 5.92 Å². The summed E-state index contributed by atoms with van der Waals surface area (Å²) in [5.74, 6) is -0.701. The van der Waals surface area contributed by atoms with Crippen molar-refractivity contribution < 1.29 is 23.9 Å². The zero-order valence-corrected chi connectivity index (χ0v) is 22.6. The highest BCUT2D eigenvalue weighted by Gasteiger charge is 2.22. The molecule has 0 aliphatic carbocycles. The molecule has 0 unspecified atom stereocenters. The fourth-order valence-electron chi connectivity index (χ4n) is 3.71. The highest BCUT2D eigenvalue weighted by Crippen LogP contribution is 2.10. The van der Waals surface area contributed by atoms with Gasteiger partial charge < -0.3 is 14.6 Å². The maximum Gasteiger partial charge on any atom is 0.330 e. The molecule has 0 fully saturated rings. The summed E-state index contributed by atoms with van der Waals surface area (Å²) in [5, 5.41) is 6.21. The lowest BCUT2D eigenvalue weighted by atomic mass is 10.00. The minimum absolute atomic E-state index is 0.0273. The molecule has 0 radical (unpaired) electrons. The van der Waals surface area contributed by atoms with E-state index in [0.29, 0.717) is 24.3 Å². The van der Waals surface area contributed by atoms with Gasteiger partial charge in [-0.15, -0.1) is 0 Å².